The van der Waals surface area contributed by atoms with Crippen LogP contribution in [0.3, 0.4) is 0 Å². The summed E-state index contributed by atoms with van der Waals surface area (Å²) in [5, 5.41) is 6.64. The minimum Gasteiger partial charge on any atom is -0.352 e. The lowest BCUT2D eigenvalue weighted by atomic mass is 10.1. The molecule has 2 unspecified atom stereocenters. The second kappa shape index (κ2) is 9.28. The predicted molar refractivity (Wildman–Crippen MR) is 112 cm³/mol. The number of aromatic nitrogens is 3. The van der Waals surface area contributed by atoms with E-state index in [-0.39, 0.29) is 24.0 Å². The summed E-state index contributed by atoms with van der Waals surface area (Å²) in [4.78, 5) is 25.6. The fourth-order valence-corrected chi connectivity index (χ4v) is 4.17. The van der Waals surface area contributed by atoms with Crippen molar-refractivity contribution in [2.24, 2.45) is 0 Å². The van der Waals surface area contributed by atoms with Crippen molar-refractivity contribution >= 4 is 11.9 Å². The van der Waals surface area contributed by atoms with Gasteiger partial charge in [0.05, 0.1) is 5.69 Å². The molecule has 154 valence electrons. The van der Waals surface area contributed by atoms with Crippen LogP contribution in [0.4, 0.5) is 5.95 Å². The number of hydrogen-bond donors (Lipinski definition) is 4. The Morgan fingerprint density at radius 1 is 1.10 bits per heavy atom. The Labute approximate surface area is 171 Å². The van der Waals surface area contributed by atoms with Crippen molar-refractivity contribution in [2.75, 3.05) is 5.32 Å². The Hall–Kier alpha value is -2.58. The highest BCUT2D eigenvalue weighted by atomic mass is 16.2. The Kier molecular flexibility index (Phi) is 6.31. The van der Waals surface area contributed by atoms with E-state index in [2.05, 4.69) is 43.4 Å². The van der Waals surface area contributed by atoms with Crippen molar-refractivity contribution in [3.05, 3.63) is 36.8 Å². The largest absolute Gasteiger partial charge is 0.352 e. The number of nitrogens with one attached hydrogen (secondary N) is 4. The number of anilines is 1. The zero-order chi connectivity index (χ0) is 20.1. The molecule has 1 aliphatic heterocycles. The molecule has 8 nitrogen and oxygen atoms in total. The molecule has 8 heteroatoms. The first kappa shape index (κ1) is 19.7. The zero-order valence-electron chi connectivity index (χ0n) is 16.8. The number of rotatable bonds is 7. The summed E-state index contributed by atoms with van der Waals surface area (Å²) in [5.74, 6) is 0.720. The van der Waals surface area contributed by atoms with E-state index in [9.17, 15) is 4.79 Å². The summed E-state index contributed by atoms with van der Waals surface area (Å²) in [5.41, 5.74) is 8.25. The number of hydrazine groups is 1. The Balaban J connectivity index is 1.28. The van der Waals surface area contributed by atoms with Gasteiger partial charge in [0.25, 0.3) is 0 Å². The SMILES string of the molecule is CCCC1CC(C(=O)N[C@H]2CC[C@H](Nc3nccc(-c4ccncc4)n3)C2)NN1. The number of amides is 1. The molecule has 1 aliphatic carbocycles. The summed E-state index contributed by atoms with van der Waals surface area (Å²) in [6.07, 6.45) is 11.2. The molecule has 29 heavy (non-hydrogen) atoms. The first-order valence-corrected chi connectivity index (χ1v) is 10.5. The van der Waals surface area contributed by atoms with Crippen LogP contribution in [0, 0.1) is 0 Å². The quantitative estimate of drug-likeness (QED) is 0.569. The van der Waals surface area contributed by atoms with Gasteiger partial charge < -0.3 is 10.6 Å². The lowest BCUT2D eigenvalue weighted by Crippen LogP contribution is -2.46. The third-order valence-electron chi connectivity index (χ3n) is 5.68. The van der Waals surface area contributed by atoms with Crippen LogP contribution in [0.1, 0.15) is 45.4 Å². The topological polar surface area (TPSA) is 104 Å². The molecule has 2 aromatic heterocycles. The first-order valence-electron chi connectivity index (χ1n) is 10.5. The molecule has 2 fully saturated rings. The first-order chi connectivity index (χ1) is 14.2. The maximum atomic E-state index is 12.6. The number of nitrogens with zero attached hydrogens (tertiary/aromatic N) is 3. The van der Waals surface area contributed by atoms with Crippen LogP contribution >= 0.6 is 0 Å². The molecule has 4 N–H and O–H groups in total. The van der Waals surface area contributed by atoms with Gasteiger partial charge in [-0.1, -0.05) is 13.3 Å². The van der Waals surface area contributed by atoms with E-state index in [0.29, 0.717) is 12.0 Å². The second-order valence-corrected chi connectivity index (χ2v) is 7.92. The summed E-state index contributed by atoms with van der Waals surface area (Å²) in [6.45, 7) is 2.16. The average Bonchev–Trinajstić information content (AvgIpc) is 3.39. The molecular weight excluding hydrogens is 366 g/mol. The molecule has 1 saturated heterocycles. The van der Waals surface area contributed by atoms with Gasteiger partial charge >= 0.3 is 0 Å². The van der Waals surface area contributed by atoms with Gasteiger partial charge in [-0.05, 0) is 50.3 Å². The Morgan fingerprint density at radius 3 is 2.76 bits per heavy atom. The van der Waals surface area contributed by atoms with Crippen LogP contribution in [-0.4, -0.2) is 45.0 Å². The second-order valence-electron chi connectivity index (χ2n) is 7.92. The highest BCUT2D eigenvalue weighted by molar-refractivity contribution is 5.82. The molecular formula is C21H29N7O. The predicted octanol–water partition coefficient (Wildman–Crippen LogP) is 2.02. The number of carbonyl (C=O) groups is 1. The van der Waals surface area contributed by atoms with Crippen molar-refractivity contribution < 1.29 is 4.79 Å². The Bertz CT molecular complexity index is 816. The third-order valence-corrected chi connectivity index (χ3v) is 5.68. The molecule has 2 aromatic rings. The molecule has 1 saturated carbocycles. The van der Waals surface area contributed by atoms with E-state index < -0.39 is 0 Å². The van der Waals surface area contributed by atoms with Crippen molar-refractivity contribution in [1.82, 2.24) is 31.1 Å². The molecule has 0 bridgehead atoms. The summed E-state index contributed by atoms with van der Waals surface area (Å²) >= 11 is 0. The minimum absolute atomic E-state index is 0.0951. The van der Waals surface area contributed by atoms with Gasteiger partial charge in [0, 0.05) is 42.3 Å². The number of carbonyl (C=O) groups excluding carboxylic acids is 1. The van der Waals surface area contributed by atoms with Gasteiger partial charge in [-0.2, -0.15) is 0 Å². The maximum Gasteiger partial charge on any atom is 0.238 e. The summed E-state index contributed by atoms with van der Waals surface area (Å²) < 4.78 is 0. The fraction of sp³-hybridized carbons (Fsp3) is 0.524. The standard InChI is InChI=1S/C21H29N7O/c1-2-3-17-13-19(28-27-17)20(29)24-15-4-5-16(12-15)25-21-23-11-8-18(26-21)14-6-9-22-10-7-14/h6-11,15-17,19,27-28H,2-5,12-13H2,1H3,(H,24,29)(H,23,25,26)/t15-,16-,17?,19?/m0/s1. The van der Waals surface area contributed by atoms with Crippen LogP contribution in [0.2, 0.25) is 0 Å². The van der Waals surface area contributed by atoms with Crippen molar-refractivity contribution in [3.8, 4) is 11.3 Å². The van der Waals surface area contributed by atoms with Gasteiger partial charge in [0.15, 0.2) is 0 Å². The van der Waals surface area contributed by atoms with Crippen LogP contribution in [0.25, 0.3) is 11.3 Å². The van der Waals surface area contributed by atoms with Crippen molar-refractivity contribution in [2.45, 2.75) is 69.6 Å². The van der Waals surface area contributed by atoms with E-state index in [1.54, 1.807) is 18.6 Å². The lowest BCUT2D eigenvalue weighted by molar-refractivity contribution is -0.123. The monoisotopic (exact) mass is 395 g/mol. The highest BCUT2D eigenvalue weighted by Crippen LogP contribution is 2.23. The number of pyridine rings is 1. The van der Waals surface area contributed by atoms with E-state index in [0.717, 1.165) is 49.8 Å². The molecule has 3 heterocycles. The van der Waals surface area contributed by atoms with Gasteiger partial charge in [0.1, 0.15) is 6.04 Å². The van der Waals surface area contributed by atoms with Gasteiger partial charge in [-0.15, -0.1) is 0 Å². The van der Waals surface area contributed by atoms with E-state index >= 15 is 0 Å². The van der Waals surface area contributed by atoms with Crippen molar-refractivity contribution in [3.63, 3.8) is 0 Å². The minimum atomic E-state index is -0.140. The number of hydrogen-bond acceptors (Lipinski definition) is 7. The molecule has 0 aromatic carbocycles. The van der Waals surface area contributed by atoms with Gasteiger partial charge in [0.2, 0.25) is 11.9 Å². The normalized spacial score (nSPS) is 26.4. The zero-order valence-corrected chi connectivity index (χ0v) is 16.8. The molecule has 0 radical (unpaired) electrons. The third kappa shape index (κ3) is 5.07. The average molecular weight is 396 g/mol. The highest BCUT2D eigenvalue weighted by Gasteiger charge is 2.32. The molecule has 1 amide bonds. The van der Waals surface area contributed by atoms with Gasteiger partial charge in [-0.25, -0.2) is 15.4 Å². The van der Waals surface area contributed by atoms with Crippen LogP contribution in [0.15, 0.2) is 36.8 Å². The van der Waals surface area contributed by atoms with Crippen molar-refractivity contribution in [1.29, 1.82) is 0 Å². The van der Waals surface area contributed by atoms with E-state index in [1.807, 2.05) is 18.2 Å². The summed E-state index contributed by atoms with van der Waals surface area (Å²) in [7, 11) is 0. The van der Waals surface area contributed by atoms with Gasteiger partial charge in [-0.3, -0.25) is 15.2 Å². The smallest absolute Gasteiger partial charge is 0.238 e. The van der Waals surface area contributed by atoms with Crippen LogP contribution < -0.4 is 21.5 Å². The lowest BCUT2D eigenvalue weighted by Gasteiger charge is -2.17. The Morgan fingerprint density at radius 2 is 1.93 bits per heavy atom. The molecule has 4 rings (SSSR count). The maximum absolute atomic E-state index is 12.6. The van der Waals surface area contributed by atoms with Crippen LogP contribution in [0.5, 0.6) is 0 Å². The van der Waals surface area contributed by atoms with Crippen LogP contribution in [-0.2, 0) is 4.79 Å². The fourth-order valence-electron chi connectivity index (χ4n) is 4.17. The van der Waals surface area contributed by atoms with E-state index in [1.165, 1.54) is 0 Å². The summed E-state index contributed by atoms with van der Waals surface area (Å²) in [6, 6.07) is 6.46. The molecule has 2 aliphatic rings. The molecule has 0 spiro atoms. The van der Waals surface area contributed by atoms with E-state index in [4.69, 9.17) is 0 Å². The molecule has 4 atom stereocenters.